The van der Waals surface area contributed by atoms with Gasteiger partial charge >= 0.3 is 0 Å². The van der Waals surface area contributed by atoms with Crippen molar-refractivity contribution in [2.24, 2.45) is 5.73 Å². The Morgan fingerprint density at radius 3 is 2.75 bits per heavy atom. The van der Waals surface area contributed by atoms with Crippen LogP contribution in [0.3, 0.4) is 0 Å². The van der Waals surface area contributed by atoms with Crippen molar-refractivity contribution in [1.29, 1.82) is 0 Å². The van der Waals surface area contributed by atoms with Gasteiger partial charge in [-0.05, 0) is 53.6 Å². The predicted octanol–water partition coefficient (Wildman–Crippen LogP) is 3.48. The summed E-state index contributed by atoms with van der Waals surface area (Å²) in [6, 6.07) is 11.2. The Morgan fingerprint density at radius 2 is 1.94 bits per heavy atom. The Hall–Kier alpha value is -1.34. The molecule has 0 amide bonds. The minimum atomic E-state index is 0.243. The molecule has 1 heteroatoms. The van der Waals surface area contributed by atoms with E-state index in [2.05, 4.69) is 37.3 Å². The van der Waals surface area contributed by atoms with Crippen LogP contribution in [-0.2, 0) is 6.42 Å². The van der Waals surface area contributed by atoms with Gasteiger partial charge in [0.1, 0.15) is 0 Å². The van der Waals surface area contributed by atoms with Crippen molar-refractivity contribution in [2.75, 3.05) is 0 Å². The smallest absolute Gasteiger partial charge is 0.0298 e. The molecule has 0 bridgehead atoms. The molecule has 1 aliphatic carbocycles. The van der Waals surface area contributed by atoms with Gasteiger partial charge in [-0.2, -0.15) is 0 Å². The summed E-state index contributed by atoms with van der Waals surface area (Å²) in [5.41, 5.74) is 10.4. The number of hydrogen-bond acceptors (Lipinski definition) is 1. The zero-order valence-corrected chi connectivity index (χ0v) is 9.66. The molecule has 1 nitrogen and oxygen atoms in total. The molecule has 0 heterocycles. The molecule has 82 valence electrons. The van der Waals surface area contributed by atoms with E-state index < -0.39 is 0 Å². The summed E-state index contributed by atoms with van der Waals surface area (Å²) in [6.07, 6.45) is 3.54. The van der Waals surface area contributed by atoms with Gasteiger partial charge in [0.2, 0.25) is 0 Å². The Balaban J connectivity index is 2.38. The Morgan fingerprint density at radius 1 is 1.19 bits per heavy atom. The zero-order chi connectivity index (χ0) is 11.1. The van der Waals surface area contributed by atoms with E-state index in [1.807, 2.05) is 0 Å². The van der Waals surface area contributed by atoms with Crippen molar-refractivity contribution in [1.82, 2.24) is 0 Å². The van der Waals surface area contributed by atoms with Gasteiger partial charge in [0.05, 0.1) is 0 Å². The maximum Gasteiger partial charge on any atom is 0.0298 e. The maximum atomic E-state index is 6.21. The normalized spacial score (nSPS) is 19.8. The van der Waals surface area contributed by atoms with Gasteiger partial charge < -0.3 is 5.73 Å². The average Bonchev–Trinajstić information content (AvgIpc) is 2.31. The first-order valence-electron chi connectivity index (χ1n) is 6.04. The molecule has 0 aliphatic heterocycles. The second-order valence-corrected chi connectivity index (χ2v) is 4.81. The van der Waals surface area contributed by atoms with Crippen molar-refractivity contribution >= 4 is 10.8 Å². The minimum absolute atomic E-state index is 0.243. The van der Waals surface area contributed by atoms with E-state index in [4.69, 9.17) is 5.73 Å². The zero-order valence-electron chi connectivity index (χ0n) is 9.66. The molecule has 1 atom stereocenters. The third-order valence-electron chi connectivity index (χ3n) is 3.74. The maximum absolute atomic E-state index is 6.21. The Kier molecular flexibility index (Phi) is 2.22. The summed E-state index contributed by atoms with van der Waals surface area (Å²) in [5, 5.41) is 2.79. The number of nitrogens with two attached hydrogens (primary N) is 1. The van der Waals surface area contributed by atoms with E-state index in [9.17, 15) is 0 Å². The fraction of sp³-hybridized carbons (Fsp3) is 0.333. The van der Waals surface area contributed by atoms with E-state index in [1.54, 1.807) is 0 Å². The van der Waals surface area contributed by atoms with Crippen molar-refractivity contribution in [3.8, 4) is 0 Å². The Labute approximate surface area is 96.3 Å². The summed E-state index contributed by atoms with van der Waals surface area (Å²) >= 11 is 0. The molecule has 1 aliphatic rings. The fourth-order valence-corrected chi connectivity index (χ4v) is 2.91. The minimum Gasteiger partial charge on any atom is -0.324 e. The molecule has 0 fully saturated rings. The third kappa shape index (κ3) is 1.35. The molecular formula is C15H17N. The Bertz CT molecular complexity index is 542. The molecule has 0 spiro atoms. The molecule has 0 saturated heterocycles. The van der Waals surface area contributed by atoms with Crippen molar-refractivity contribution in [3.05, 3.63) is 47.0 Å². The first-order valence-corrected chi connectivity index (χ1v) is 6.04. The second kappa shape index (κ2) is 3.60. The summed E-state index contributed by atoms with van der Waals surface area (Å²) in [4.78, 5) is 0. The van der Waals surface area contributed by atoms with Crippen LogP contribution in [0.2, 0.25) is 0 Å². The lowest BCUT2D eigenvalue weighted by atomic mass is 9.83. The van der Waals surface area contributed by atoms with Gasteiger partial charge in [-0.3, -0.25) is 0 Å². The number of rotatable bonds is 0. The summed E-state index contributed by atoms with van der Waals surface area (Å²) in [5.74, 6) is 0. The number of hydrogen-bond donors (Lipinski definition) is 1. The van der Waals surface area contributed by atoms with Gasteiger partial charge in [0, 0.05) is 6.04 Å². The highest BCUT2D eigenvalue weighted by atomic mass is 14.6. The van der Waals surface area contributed by atoms with Gasteiger partial charge in [-0.15, -0.1) is 0 Å². The quantitative estimate of drug-likeness (QED) is 0.709. The highest BCUT2D eigenvalue weighted by molar-refractivity contribution is 5.90. The van der Waals surface area contributed by atoms with Crippen molar-refractivity contribution < 1.29 is 0 Å². The molecule has 0 saturated carbocycles. The van der Waals surface area contributed by atoms with E-state index in [1.165, 1.54) is 40.3 Å². The van der Waals surface area contributed by atoms with Gasteiger partial charge in [0.15, 0.2) is 0 Å². The monoisotopic (exact) mass is 211 g/mol. The lowest BCUT2D eigenvalue weighted by Gasteiger charge is -2.24. The first-order chi connectivity index (χ1) is 7.77. The SMILES string of the molecule is Cc1cc2c(c3ccccc13)CCCC2N. The van der Waals surface area contributed by atoms with E-state index in [0.717, 1.165) is 6.42 Å². The van der Waals surface area contributed by atoms with E-state index in [0.29, 0.717) is 0 Å². The molecule has 2 aromatic carbocycles. The van der Waals surface area contributed by atoms with Gasteiger partial charge in [-0.1, -0.05) is 30.3 Å². The number of aryl methyl sites for hydroxylation is 2. The second-order valence-electron chi connectivity index (χ2n) is 4.81. The van der Waals surface area contributed by atoms with Crippen LogP contribution >= 0.6 is 0 Å². The molecule has 1 unspecified atom stereocenters. The van der Waals surface area contributed by atoms with Crippen molar-refractivity contribution in [3.63, 3.8) is 0 Å². The van der Waals surface area contributed by atoms with Crippen LogP contribution in [0, 0.1) is 6.92 Å². The largest absolute Gasteiger partial charge is 0.324 e. The third-order valence-corrected chi connectivity index (χ3v) is 3.74. The number of benzene rings is 2. The molecule has 3 rings (SSSR count). The average molecular weight is 211 g/mol. The van der Waals surface area contributed by atoms with Crippen LogP contribution in [-0.4, -0.2) is 0 Å². The highest BCUT2D eigenvalue weighted by Crippen LogP contribution is 2.34. The summed E-state index contributed by atoms with van der Waals surface area (Å²) in [7, 11) is 0. The van der Waals surface area contributed by atoms with E-state index >= 15 is 0 Å². The summed E-state index contributed by atoms with van der Waals surface area (Å²) in [6.45, 7) is 2.18. The lowest BCUT2D eigenvalue weighted by molar-refractivity contribution is 0.573. The van der Waals surface area contributed by atoms with E-state index in [-0.39, 0.29) is 6.04 Å². The standard InChI is InChI=1S/C15H17N/c1-10-9-14-13(7-4-8-15(14)16)12-6-3-2-5-11(10)12/h2-3,5-6,9,15H,4,7-8,16H2,1H3. The van der Waals surface area contributed by atoms with Crippen LogP contribution in [0.5, 0.6) is 0 Å². The summed E-state index contributed by atoms with van der Waals surface area (Å²) < 4.78 is 0. The van der Waals surface area contributed by atoms with Gasteiger partial charge in [-0.25, -0.2) is 0 Å². The molecule has 2 aromatic rings. The van der Waals surface area contributed by atoms with Crippen LogP contribution < -0.4 is 5.73 Å². The van der Waals surface area contributed by atoms with Crippen LogP contribution in [0.4, 0.5) is 0 Å². The molecular weight excluding hydrogens is 194 g/mol. The topological polar surface area (TPSA) is 26.0 Å². The molecule has 16 heavy (non-hydrogen) atoms. The lowest BCUT2D eigenvalue weighted by Crippen LogP contribution is -2.17. The first kappa shape index (κ1) is 9.86. The van der Waals surface area contributed by atoms with Crippen LogP contribution in [0.25, 0.3) is 10.8 Å². The number of fused-ring (bicyclic) bond motifs is 3. The van der Waals surface area contributed by atoms with Crippen LogP contribution in [0.15, 0.2) is 30.3 Å². The van der Waals surface area contributed by atoms with Crippen molar-refractivity contribution in [2.45, 2.75) is 32.2 Å². The fourth-order valence-electron chi connectivity index (χ4n) is 2.91. The van der Waals surface area contributed by atoms with Crippen LogP contribution in [0.1, 0.15) is 35.6 Å². The molecule has 0 aromatic heterocycles. The van der Waals surface area contributed by atoms with Gasteiger partial charge in [0.25, 0.3) is 0 Å². The molecule has 2 N–H and O–H groups in total. The highest BCUT2D eigenvalue weighted by Gasteiger charge is 2.19. The molecule has 0 radical (unpaired) electrons. The predicted molar refractivity (Wildman–Crippen MR) is 68.6 cm³/mol.